The Morgan fingerprint density at radius 2 is 1.95 bits per heavy atom. The number of nitriles is 1. The van der Waals surface area contributed by atoms with Gasteiger partial charge in [-0.25, -0.2) is 0 Å². The fourth-order valence-electron chi connectivity index (χ4n) is 1.61. The molecule has 0 fully saturated rings. The SMILES string of the molecule is N#Cc1cccc(COc2ccc(C(N)=O)cc2)c1. The lowest BCUT2D eigenvalue weighted by molar-refractivity contribution is 0.100. The first-order valence-corrected chi connectivity index (χ1v) is 5.71. The van der Waals surface area contributed by atoms with Gasteiger partial charge in [0.15, 0.2) is 0 Å². The summed E-state index contributed by atoms with van der Waals surface area (Å²) in [6.07, 6.45) is 0. The van der Waals surface area contributed by atoms with E-state index in [-0.39, 0.29) is 0 Å². The van der Waals surface area contributed by atoms with Crippen molar-refractivity contribution in [2.45, 2.75) is 6.61 Å². The molecule has 0 radical (unpaired) electrons. The first kappa shape index (κ1) is 12.7. The molecule has 0 aliphatic carbocycles. The zero-order valence-corrected chi connectivity index (χ0v) is 10.2. The molecule has 0 saturated heterocycles. The first-order valence-electron chi connectivity index (χ1n) is 5.71. The van der Waals surface area contributed by atoms with Crippen molar-refractivity contribution in [1.82, 2.24) is 0 Å². The molecule has 19 heavy (non-hydrogen) atoms. The van der Waals surface area contributed by atoms with E-state index >= 15 is 0 Å². The lowest BCUT2D eigenvalue weighted by Crippen LogP contribution is -2.10. The number of benzene rings is 2. The molecule has 2 aromatic carbocycles. The number of rotatable bonds is 4. The van der Waals surface area contributed by atoms with Crippen molar-refractivity contribution in [3.8, 4) is 11.8 Å². The number of amides is 1. The molecule has 0 aliphatic heterocycles. The van der Waals surface area contributed by atoms with E-state index in [1.54, 1.807) is 36.4 Å². The van der Waals surface area contributed by atoms with Gasteiger partial charge in [0.25, 0.3) is 0 Å². The molecule has 0 aliphatic rings. The predicted octanol–water partition coefficient (Wildman–Crippen LogP) is 2.24. The summed E-state index contributed by atoms with van der Waals surface area (Å²) < 4.78 is 5.56. The van der Waals surface area contributed by atoms with E-state index < -0.39 is 5.91 Å². The molecule has 0 unspecified atom stereocenters. The van der Waals surface area contributed by atoms with Crippen LogP contribution in [0.4, 0.5) is 0 Å². The average Bonchev–Trinajstić information content (AvgIpc) is 2.46. The van der Waals surface area contributed by atoms with Gasteiger partial charge in [-0.3, -0.25) is 4.79 Å². The number of primary amides is 1. The summed E-state index contributed by atoms with van der Waals surface area (Å²) >= 11 is 0. The number of ether oxygens (including phenoxy) is 1. The largest absolute Gasteiger partial charge is 0.489 e. The van der Waals surface area contributed by atoms with Crippen LogP contribution >= 0.6 is 0 Å². The van der Waals surface area contributed by atoms with Crippen LogP contribution in [0.2, 0.25) is 0 Å². The van der Waals surface area contributed by atoms with Crippen LogP contribution in [0, 0.1) is 11.3 Å². The maximum atomic E-state index is 10.9. The van der Waals surface area contributed by atoms with Gasteiger partial charge in [-0.2, -0.15) is 5.26 Å². The maximum Gasteiger partial charge on any atom is 0.248 e. The number of hydrogen-bond acceptors (Lipinski definition) is 3. The fourth-order valence-corrected chi connectivity index (χ4v) is 1.61. The molecule has 1 amide bonds. The summed E-state index contributed by atoms with van der Waals surface area (Å²) in [5, 5.41) is 8.80. The highest BCUT2D eigenvalue weighted by atomic mass is 16.5. The second kappa shape index (κ2) is 5.69. The topological polar surface area (TPSA) is 76.1 Å². The Morgan fingerprint density at radius 1 is 1.21 bits per heavy atom. The van der Waals surface area contributed by atoms with Crippen LogP contribution < -0.4 is 10.5 Å². The van der Waals surface area contributed by atoms with Gasteiger partial charge in [0.1, 0.15) is 12.4 Å². The number of carbonyl (C=O) groups is 1. The Balaban J connectivity index is 2.02. The second-order valence-electron chi connectivity index (χ2n) is 3.99. The summed E-state index contributed by atoms with van der Waals surface area (Å²) in [5.74, 6) is 0.181. The van der Waals surface area contributed by atoms with Crippen LogP contribution in [0.25, 0.3) is 0 Å². The molecule has 0 spiro atoms. The third kappa shape index (κ3) is 3.33. The minimum atomic E-state index is -0.465. The average molecular weight is 252 g/mol. The highest BCUT2D eigenvalue weighted by Crippen LogP contribution is 2.14. The van der Waals surface area contributed by atoms with Gasteiger partial charge < -0.3 is 10.5 Å². The van der Waals surface area contributed by atoms with E-state index in [4.69, 9.17) is 15.7 Å². The Morgan fingerprint density at radius 3 is 2.58 bits per heavy atom. The van der Waals surface area contributed by atoms with Gasteiger partial charge in [-0.05, 0) is 42.0 Å². The molecule has 94 valence electrons. The molecule has 2 N–H and O–H groups in total. The third-order valence-corrected chi connectivity index (χ3v) is 2.60. The van der Waals surface area contributed by atoms with Crippen LogP contribution in [0.15, 0.2) is 48.5 Å². The van der Waals surface area contributed by atoms with E-state index in [1.807, 2.05) is 12.1 Å². The van der Waals surface area contributed by atoms with Gasteiger partial charge in [0, 0.05) is 5.56 Å². The van der Waals surface area contributed by atoms with Crippen LogP contribution in [-0.2, 0) is 6.61 Å². The maximum absolute atomic E-state index is 10.9. The van der Waals surface area contributed by atoms with Crippen molar-refractivity contribution in [2.75, 3.05) is 0 Å². The van der Waals surface area contributed by atoms with Gasteiger partial charge in [-0.15, -0.1) is 0 Å². The zero-order chi connectivity index (χ0) is 13.7. The molecule has 4 heteroatoms. The number of carbonyl (C=O) groups excluding carboxylic acids is 1. The van der Waals surface area contributed by atoms with Crippen molar-refractivity contribution in [1.29, 1.82) is 5.26 Å². The Kier molecular flexibility index (Phi) is 3.79. The van der Waals surface area contributed by atoms with E-state index in [9.17, 15) is 4.79 Å². The molecule has 0 atom stereocenters. The van der Waals surface area contributed by atoms with Crippen molar-refractivity contribution in [3.05, 3.63) is 65.2 Å². The molecule has 2 rings (SSSR count). The summed E-state index contributed by atoms with van der Waals surface area (Å²) in [5.41, 5.74) is 7.11. The van der Waals surface area contributed by atoms with E-state index in [2.05, 4.69) is 6.07 Å². The van der Waals surface area contributed by atoms with Gasteiger partial charge >= 0.3 is 0 Å². The zero-order valence-electron chi connectivity index (χ0n) is 10.2. The molecular weight excluding hydrogens is 240 g/mol. The molecule has 4 nitrogen and oxygen atoms in total. The Hall–Kier alpha value is -2.80. The van der Waals surface area contributed by atoms with Crippen LogP contribution in [0.5, 0.6) is 5.75 Å². The Bertz CT molecular complexity index is 627. The molecule has 0 bridgehead atoms. The van der Waals surface area contributed by atoms with Crippen molar-refractivity contribution < 1.29 is 9.53 Å². The van der Waals surface area contributed by atoms with Gasteiger partial charge in [0.05, 0.1) is 11.6 Å². The molecule has 0 aromatic heterocycles. The first-order chi connectivity index (χ1) is 9.19. The summed E-state index contributed by atoms with van der Waals surface area (Å²) in [6, 6.07) is 15.9. The minimum absolute atomic E-state index is 0.367. The monoisotopic (exact) mass is 252 g/mol. The lowest BCUT2D eigenvalue weighted by Gasteiger charge is -2.06. The summed E-state index contributed by atoms with van der Waals surface area (Å²) in [7, 11) is 0. The van der Waals surface area contributed by atoms with Crippen LogP contribution in [-0.4, -0.2) is 5.91 Å². The van der Waals surface area contributed by atoms with Gasteiger partial charge in [-0.1, -0.05) is 12.1 Å². The smallest absolute Gasteiger partial charge is 0.248 e. The van der Waals surface area contributed by atoms with Crippen molar-refractivity contribution >= 4 is 5.91 Å². The number of hydrogen-bond donors (Lipinski definition) is 1. The molecule has 0 saturated carbocycles. The Labute approximate surface area is 111 Å². The minimum Gasteiger partial charge on any atom is -0.489 e. The molecule has 2 aromatic rings. The normalized spacial score (nSPS) is 9.63. The molecular formula is C15H12N2O2. The van der Waals surface area contributed by atoms with E-state index in [0.717, 1.165) is 5.56 Å². The number of nitrogens with two attached hydrogens (primary N) is 1. The van der Waals surface area contributed by atoms with Gasteiger partial charge in [0.2, 0.25) is 5.91 Å². The highest BCUT2D eigenvalue weighted by Gasteiger charge is 2.01. The summed E-state index contributed by atoms with van der Waals surface area (Å²) in [4.78, 5) is 10.9. The second-order valence-corrected chi connectivity index (χ2v) is 3.99. The number of nitrogens with zero attached hydrogens (tertiary/aromatic N) is 1. The van der Waals surface area contributed by atoms with Crippen LogP contribution in [0.1, 0.15) is 21.5 Å². The van der Waals surface area contributed by atoms with Crippen molar-refractivity contribution in [3.63, 3.8) is 0 Å². The predicted molar refractivity (Wildman–Crippen MR) is 70.4 cm³/mol. The third-order valence-electron chi connectivity index (χ3n) is 2.60. The quantitative estimate of drug-likeness (QED) is 0.906. The fraction of sp³-hybridized carbons (Fsp3) is 0.0667. The summed E-state index contributed by atoms with van der Waals surface area (Å²) in [6.45, 7) is 0.367. The van der Waals surface area contributed by atoms with E-state index in [0.29, 0.717) is 23.5 Å². The standard InChI is InChI=1S/C15H12N2O2/c16-9-11-2-1-3-12(8-11)10-19-14-6-4-13(5-7-14)15(17)18/h1-8H,10H2,(H2,17,18). The van der Waals surface area contributed by atoms with Crippen molar-refractivity contribution in [2.24, 2.45) is 5.73 Å². The highest BCUT2D eigenvalue weighted by molar-refractivity contribution is 5.92. The van der Waals surface area contributed by atoms with E-state index in [1.165, 1.54) is 0 Å². The lowest BCUT2D eigenvalue weighted by atomic mass is 10.1. The van der Waals surface area contributed by atoms with Crippen LogP contribution in [0.3, 0.4) is 0 Å². The molecule has 0 heterocycles.